The monoisotopic (exact) mass is 633 g/mol. The van der Waals surface area contributed by atoms with Crippen molar-refractivity contribution in [1.29, 1.82) is 0 Å². The second-order valence-electron chi connectivity index (χ2n) is 12.6. The maximum Gasteiger partial charge on any atom is 0.305 e. The van der Waals surface area contributed by atoms with E-state index in [1.165, 1.54) is 109 Å². The van der Waals surface area contributed by atoms with Gasteiger partial charge in [0.15, 0.2) is 0 Å². The summed E-state index contributed by atoms with van der Waals surface area (Å²) in [4.78, 5) is 12.1. The quantitative estimate of drug-likeness (QED) is 0.0429. The Hall–Kier alpha value is -1.65. The summed E-state index contributed by atoms with van der Waals surface area (Å²) in [5.41, 5.74) is 0. The first-order chi connectivity index (χ1) is 22.2. The van der Waals surface area contributed by atoms with Gasteiger partial charge < -0.3 is 14.6 Å². The molecule has 0 spiro atoms. The Kier molecular flexibility index (Phi) is 37.1. The zero-order valence-electron chi connectivity index (χ0n) is 29.9. The first-order valence-electron chi connectivity index (χ1n) is 19.2. The highest BCUT2D eigenvalue weighted by molar-refractivity contribution is 5.69. The number of allylic oxidation sites excluding steroid dienone is 8. The van der Waals surface area contributed by atoms with Crippen LogP contribution in [0.3, 0.4) is 0 Å². The average molecular weight is 633 g/mol. The van der Waals surface area contributed by atoms with E-state index in [-0.39, 0.29) is 19.2 Å². The fraction of sp³-hybridized carbons (Fsp3) is 0.780. The zero-order chi connectivity index (χ0) is 32.7. The molecule has 0 amide bonds. The Morgan fingerprint density at radius 1 is 0.578 bits per heavy atom. The van der Waals surface area contributed by atoms with Gasteiger partial charge in [-0.1, -0.05) is 165 Å². The van der Waals surface area contributed by atoms with E-state index in [9.17, 15) is 9.90 Å². The number of hydrogen-bond acceptors (Lipinski definition) is 4. The molecule has 1 N–H and O–H groups in total. The van der Waals surface area contributed by atoms with E-state index >= 15 is 0 Å². The van der Waals surface area contributed by atoms with Gasteiger partial charge in [0.2, 0.25) is 0 Å². The van der Waals surface area contributed by atoms with Crippen LogP contribution in [0.15, 0.2) is 48.6 Å². The lowest BCUT2D eigenvalue weighted by molar-refractivity contribution is -0.149. The number of unbranched alkanes of at least 4 members (excludes halogenated alkanes) is 19. The molecular formula is C41H74O4. The number of hydrogen-bond donors (Lipinski definition) is 1. The molecule has 4 heteroatoms. The van der Waals surface area contributed by atoms with Crippen molar-refractivity contribution in [2.24, 2.45) is 0 Å². The number of rotatable bonds is 35. The summed E-state index contributed by atoms with van der Waals surface area (Å²) < 4.78 is 11.1. The molecule has 1 atom stereocenters. The van der Waals surface area contributed by atoms with Crippen LogP contribution in [0.4, 0.5) is 0 Å². The van der Waals surface area contributed by atoms with Crippen molar-refractivity contribution < 1.29 is 19.4 Å². The van der Waals surface area contributed by atoms with Gasteiger partial charge in [0.05, 0.1) is 6.61 Å². The van der Waals surface area contributed by atoms with Gasteiger partial charge in [0.1, 0.15) is 12.7 Å². The second kappa shape index (κ2) is 38.5. The van der Waals surface area contributed by atoms with Gasteiger partial charge in [-0.05, 0) is 57.8 Å². The molecule has 0 heterocycles. The van der Waals surface area contributed by atoms with Crippen LogP contribution in [-0.2, 0) is 14.3 Å². The van der Waals surface area contributed by atoms with Crippen LogP contribution >= 0.6 is 0 Å². The fourth-order valence-electron chi connectivity index (χ4n) is 5.23. The minimum absolute atomic E-state index is 0.122. The van der Waals surface area contributed by atoms with Crippen molar-refractivity contribution in [2.45, 2.75) is 187 Å². The topological polar surface area (TPSA) is 55.8 Å². The first kappa shape index (κ1) is 43.4. The van der Waals surface area contributed by atoms with Crippen LogP contribution in [0.5, 0.6) is 0 Å². The van der Waals surface area contributed by atoms with E-state index in [1.807, 2.05) is 0 Å². The van der Waals surface area contributed by atoms with Gasteiger partial charge in [-0.3, -0.25) is 4.79 Å². The summed E-state index contributed by atoms with van der Waals surface area (Å²) in [5, 5.41) is 9.57. The molecule has 0 fully saturated rings. The molecule has 0 saturated heterocycles. The predicted molar refractivity (Wildman–Crippen MR) is 196 cm³/mol. The third-order valence-corrected chi connectivity index (χ3v) is 8.19. The first-order valence-corrected chi connectivity index (χ1v) is 19.2. The molecule has 4 nitrogen and oxygen atoms in total. The van der Waals surface area contributed by atoms with E-state index in [2.05, 4.69) is 62.5 Å². The van der Waals surface area contributed by atoms with E-state index in [1.54, 1.807) is 0 Å². The van der Waals surface area contributed by atoms with E-state index in [0.717, 1.165) is 51.4 Å². The number of aliphatic hydroxyl groups excluding tert-OH is 1. The van der Waals surface area contributed by atoms with Crippen molar-refractivity contribution in [3.05, 3.63) is 48.6 Å². The lowest BCUT2D eigenvalue weighted by Gasteiger charge is -2.15. The van der Waals surface area contributed by atoms with Crippen molar-refractivity contribution in [3.63, 3.8) is 0 Å². The summed E-state index contributed by atoms with van der Waals surface area (Å²) in [7, 11) is 0. The minimum Gasteiger partial charge on any atom is -0.463 e. The van der Waals surface area contributed by atoms with Gasteiger partial charge in [0, 0.05) is 13.0 Å². The van der Waals surface area contributed by atoms with Gasteiger partial charge in [-0.25, -0.2) is 0 Å². The summed E-state index contributed by atoms with van der Waals surface area (Å²) in [6.45, 7) is 5.12. The Labute approximate surface area is 280 Å². The normalized spacial score (nSPS) is 12.9. The van der Waals surface area contributed by atoms with Crippen molar-refractivity contribution in [3.8, 4) is 0 Å². The molecule has 0 aromatic rings. The number of carbonyl (C=O) groups excluding carboxylic acids is 1. The highest BCUT2D eigenvalue weighted by atomic mass is 16.7. The molecule has 45 heavy (non-hydrogen) atoms. The van der Waals surface area contributed by atoms with Crippen LogP contribution in [0.2, 0.25) is 0 Å². The molecule has 0 aliphatic carbocycles. The fourth-order valence-corrected chi connectivity index (χ4v) is 5.23. The maximum atomic E-state index is 12.1. The molecule has 262 valence electrons. The predicted octanol–water partition coefficient (Wildman–Crippen LogP) is 12.3. The van der Waals surface area contributed by atoms with Crippen LogP contribution < -0.4 is 0 Å². The average Bonchev–Trinajstić information content (AvgIpc) is 3.05. The van der Waals surface area contributed by atoms with E-state index in [0.29, 0.717) is 13.0 Å². The number of carbonyl (C=O) groups is 1. The smallest absolute Gasteiger partial charge is 0.305 e. The molecule has 0 aromatic heterocycles. The molecule has 0 aliphatic heterocycles. The molecular weight excluding hydrogens is 558 g/mol. The Morgan fingerprint density at radius 3 is 1.49 bits per heavy atom. The minimum atomic E-state index is -0.424. The lowest BCUT2D eigenvalue weighted by atomic mass is 10.0. The molecule has 0 aromatic carbocycles. The Morgan fingerprint density at radius 2 is 1.00 bits per heavy atom. The lowest BCUT2D eigenvalue weighted by Crippen LogP contribution is -2.26. The maximum absolute atomic E-state index is 12.1. The summed E-state index contributed by atoms with van der Waals surface area (Å²) >= 11 is 0. The van der Waals surface area contributed by atoms with E-state index in [4.69, 9.17) is 9.47 Å². The van der Waals surface area contributed by atoms with Gasteiger partial charge in [-0.2, -0.15) is 0 Å². The van der Waals surface area contributed by atoms with Crippen LogP contribution in [-0.4, -0.2) is 37.0 Å². The van der Waals surface area contributed by atoms with Gasteiger partial charge in [0.25, 0.3) is 0 Å². The largest absolute Gasteiger partial charge is 0.463 e. The molecule has 0 bridgehead atoms. The number of esters is 1. The van der Waals surface area contributed by atoms with Crippen LogP contribution in [0.25, 0.3) is 0 Å². The van der Waals surface area contributed by atoms with Crippen molar-refractivity contribution >= 4 is 5.97 Å². The molecule has 0 unspecified atom stereocenters. The van der Waals surface area contributed by atoms with Crippen LogP contribution in [0.1, 0.15) is 181 Å². The SMILES string of the molecule is CCCCC/C=C\C/C=C\C/C=C\C/C=C\CCC[14CH2]O[C@@H](CO)COC(=O)CCCCCCCCCCCCCCCCC. The number of ether oxygens (including phenoxy) is 2. The highest BCUT2D eigenvalue weighted by Gasteiger charge is 2.11. The number of aliphatic hydroxyl groups is 1. The Bertz CT molecular complexity index is 708. The summed E-state index contributed by atoms with van der Waals surface area (Å²) in [6.07, 6.45) is 48.8. The molecule has 0 radical (unpaired) electrons. The third-order valence-electron chi connectivity index (χ3n) is 8.19. The van der Waals surface area contributed by atoms with Crippen molar-refractivity contribution in [2.75, 3.05) is 19.8 Å². The summed E-state index contributed by atoms with van der Waals surface area (Å²) in [6, 6.07) is 0. The van der Waals surface area contributed by atoms with Gasteiger partial charge in [-0.15, -0.1) is 0 Å². The second-order valence-corrected chi connectivity index (χ2v) is 12.6. The van der Waals surface area contributed by atoms with Crippen molar-refractivity contribution in [1.82, 2.24) is 0 Å². The van der Waals surface area contributed by atoms with Crippen LogP contribution in [0, 0.1) is 0 Å². The summed E-state index contributed by atoms with van der Waals surface area (Å²) in [5.74, 6) is -0.174. The zero-order valence-corrected chi connectivity index (χ0v) is 29.9. The molecule has 0 rings (SSSR count). The third kappa shape index (κ3) is 36.7. The van der Waals surface area contributed by atoms with Gasteiger partial charge >= 0.3 is 5.97 Å². The Balaban J connectivity index is 3.53. The standard InChI is InChI=1S/C41H74O4/c1-3-5-7-9-11-13-15-17-19-20-21-23-25-27-29-31-33-35-37-44-40(38-42)39-45-41(43)36-34-32-30-28-26-24-22-18-16-14-12-10-8-6-4-2/h11,13,17,19,21,23,27,29,40,42H,3-10,12,14-16,18,20,22,24-26,28,30-39H2,1-2H3/b13-11-,19-17-,23-21-,29-27-/t40-/m0/s1/i37+2. The molecule has 0 saturated carbocycles. The molecule has 0 aliphatic rings. The highest BCUT2D eigenvalue weighted by Crippen LogP contribution is 2.14. The van der Waals surface area contributed by atoms with E-state index < -0.39 is 6.10 Å².